The van der Waals surface area contributed by atoms with E-state index in [4.69, 9.17) is 25.8 Å². The molecule has 0 aromatic heterocycles. The summed E-state index contributed by atoms with van der Waals surface area (Å²) in [5.74, 6) is -0.447. The lowest BCUT2D eigenvalue weighted by atomic mass is 9.86. The quantitative estimate of drug-likeness (QED) is 0.522. The lowest BCUT2D eigenvalue weighted by Crippen LogP contribution is -2.57. The van der Waals surface area contributed by atoms with Crippen LogP contribution in [0.15, 0.2) is 36.4 Å². The third-order valence-corrected chi connectivity index (χ3v) is 8.29. The number of morpholine rings is 2. The van der Waals surface area contributed by atoms with Gasteiger partial charge in [0.2, 0.25) is 5.91 Å². The van der Waals surface area contributed by atoms with Crippen molar-refractivity contribution in [1.29, 1.82) is 0 Å². The molecule has 2 aromatic rings. The molecule has 9 nitrogen and oxygen atoms in total. The number of ketones is 1. The predicted molar refractivity (Wildman–Crippen MR) is 148 cm³/mol. The Kier molecular flexibility index (Phi) is 8.04. The Bertz CT molecular complexity index is 1200. The third-order valence-electron chi connectivity index (χ3n) is 8.03. The molecule has 6 rings (SSSR count). The van der Waals surface area contributed by atoms with Crippen molar-refractivity contribution >= 4 is 29.0 Å². The molecule has 1 amide bonds. The van der Waals surface area contributed by atoms with Gasteiger partial charge in [0.25, 0.3) is 0 Å². The topological polar surface area (TPSA) is 83.6 Å². The van der Waals surface area contributed by atoms with Crippen LogP contribution in [0.4, 0.5) is 5.69 Å². The Morgan fingerprint density at radius 1 is 0.949 bits per heavy atom. The Hall–Kier alpha value is -2.69. The van der Waals surface area contributed by atoms with Crippen LogP contribution in [0.25, 0.3) is 0 Å². The maximum absolute atomic E-state index is 13.9. The second-order valence-electron chi connectivity index (χ2n) is 10.7. The van der Waals surface area contributed by atoms with Crippen LogP contribution in [0.1, 0.15) is 21.5 Å². The minimum atomic E-state index is -0.790. The van der Waals surface area contributed by atoms with Crippen molar-refractivity contribution in [3.05, 3.63) is 58.1 Å². The van der Waals surface area contributed by atoms with E-state index in [1.807, 2.05) is 18.2 Å². The highest BCUT2D eigenvalue weighted by molar-refractivity contribution is 6.30. The molecule has 2 unspecified atom stereocenters. The molecule has 4 heterocycles. The number of halogens is 1. The maximum Gasteiger partial charge on any atom is 0.233 e. The third kappa shape index (κ3) is 5.93. The molecule has 0 aliphatic carbocycles. The largest absolute Gasteiger partial charge is 0.489 e. The van der Waals surface area contributed by atoms with Gasteiger partial charge in [0.1, 0.15) is 18.3 Å². The number of carbonyl (C=O) groups excluding carboxylic acids is 2. The summed E-state index contributed by atoms with van der Waals surface area (Å²) in [6.45, 7) is 8.99. The van der Waals surface area contributed by atoms with Crippen molar-refractivity contribution in [2.24, 2.45) is 5.92 Å². The van der Waals surface area contributed by atoms with E-state index in [0.29, 0.717) is 63.3 Å². The first kappa shape index (κ1) is 26.5. The molecule has 4 aliphatic heterocycles. The SMILES string of the molecule is O=C(NCc1ccc(Cl)cc1)C1CN2c3c(cc(CN4CCOCC4)cc3C1=O)OCC2CN1CCOCC1. The van der Waals surface area contributed by atoms with Gasteiger partial charge >= 0.3 is 0 Å². The van der Waals surface area contributed by atoms with E-state index < -0.39 is 5.92 Å². The van der Waals surface area contributed by atoms with Crippen LogP contribution >= 0.6 is 11.6 Å². The Balaban J connectivity index is 1.26. The van der Waals surface area contributed by atoms with Crippen LogP contribution in [0.3, 0.4) is 0 Å². The number of hydrogen-bond donors (Lipinski definition) is 1. The fourth-order valence-electron chi connectivity index (χ4n) is 5.88. The average molecular weight is 555 g/mol. The van der Waals surface area contributed by atoms with Crippen LogP contribution < -0.4 is 15.0 Å². The molecule has 2 fully saturated rings. The number of anilines is 1. The summed E-state index contributed by atoms with van der Waals surface area (Å²) < 4.78 is 17.3. The van der Waals surface area contributed by atoms with E-state index in [2.05, 4.69) is 26.1 Å². The second-order valence-corrected chi connectivity index (χ2v) is 11.1. The smallest absolute Gasteiger partial charge is 0.233 e. The molecule has 0 saturated carbocycles. The van der Waals surface area contributed by atoms with Crippen molar-refractivity contribution in [2.75, 3.05) is 77.2 Å². The van der Waals surface area contributed by atoms with E-state index in [-0.39, 0.29) is 17.7 Å². The molecule has 208 valence electrons. The summed E-state index contributed by atoms with van der Waals surface area (Å²) in [6, 6.07) is 11.4. The highest BCUT2D eigenvalue weighted by Crippen LogP contribution is 2.43. The molecule has 2 saturated heterocycles. The zero-order valence-electron chi connectivity index (χ0n) is 22.1. The molecule has 4 aliphatic rings. The molecule has 39 heavy (non-hydrogen) atoms. The number of hydrogen-bond acceptors (Lipinski definition) is 8. The molecule has 2 aromatic carbocycles. The number of ether oxygens (including phenoxy) is 3. The summed E-state index contributed by atoms with van der Waals surface area (Å²) in [5.41, 5.74) is 3.37. The van der Waals surface area contributed by atoms with Gasteiger partial charge in [0.05, 0.1) is 38.2 Å². The van der Waals surface area contributed by atoms with Crippen LogP contribution in [0, 0.1) is 5.92 Å². The number of Topliss-reactive ketones (excluding diaryl/α,β-unsaturated/α-hetero) is 1. The van der Waals surface area contributed by atoms with Crippen LogP contribution in [-0.2, 0) is 27.4 Å². The first-order valence-corrected chi connectivity index (χ1v) is 14.2. The van der Waals surface area contributed by atoms with Crippen molar-refractivity contribution in [2.45, 2.75) is 19.1 Å². The first-order chi connectivity index (χ1) is 19.0. The fraction of sp³-hybridized carbons (Fsp3) is 0.517. The van der Waals surface area contributed by atoms with Crippen molar-refractivity contribution in [3.63, 3.8) is 0 Å². The van der Waals surface area contributed by atoms with Gasteiger partial charge in [-0.1, -0.05) is 23.7 Å². The number of benzene rings is 2. The van der Waals surface area contributed by atoms with Gasteiger partial charge in [-0.2, -0.15) is 0 Å². The van der Waals surface area contributed by atoms with Gasteiger partial charge in [-0.3, -0.25) is 19.4 Å². The molecule has 10 heteroatoms. The van der Waals surface area contributed by atoms with Gasteiger partial charge in [0.15, 0.2) is 5.78 Å². The number of nitrogens with one attached hydrogen (secondary N) is 1. The summed E-state index contributed by atoms with van der Waals surface area (Å²) >= 11 is 6.00. The van der Waals surface area contributed by atoms with Gasteiger partial charge in [-0.05, 0) is 35.4 Å². The van der Waals surface area contributed by atoms with Gasteiger partial charge in [0, 0.05) is 62.9 Å². The highest BCUT2D eigenvalue weighted by atomic mass is 35.5. The lowest BCUT2D eigenvalue weighted by molar-refractivity contribution is -0.123. The van der Waals surface area contributed by atoms with E-state index in [1.165, 1.54) is 0 Å². The minimum absolute atomic E-state index is 0.0408. The van der Waals surface area contributed by atoms with E-state index >= 15 is 0 Å². The molecule has 1 N–H and O–H groups in total. The summed E-state index contributed by atoms with van der Waals surface area (Å²) in [5, 5.41) is 3.64. The number of amides is 1. The Morgan fingerprint density at radius 2 is 1.64 bits per heavy atom. The summed E-state index contributed by atoms with van der Waals surface area (Å²) in [7, 11) is 0. The van der Waals surface area contributed by atoms with Crippen LogP contribution in [-0.4, -0.2) is 99.8 Å². The predicted octanol–water partition coefficient (Wildman–Crippen LogP) is 2.20. The van der Waals surface area contributed by atoms with Crippen LogP contribution in [0.5, 0.6) is 5.75 Å². The molecule has 0 spiro atoms. The monoisotopic (exact) mass is 554 g/mol. The first-order valence-electron chi connectivity index (χ1n) is 13.8. The summed E-state index contributed by atoms with van der Waals surface area (Å²) in [4.78, 5) is 34.3. The lowest BCUT2D eigenvalue weighted by Gasteiger charge is -2.45. The maximum atomic E-state index is 13.9. The van der Waals surface area contributed by atoms with Crippen molar-refractivity contribution in [1.82, 2.24) is 15.1 Å². The van der Waals surface area contributed by atoms with Crippen molar-refractivity contribution < 1.29 is 23.8 Å². The standard InChI is InChI=1S/C29H35ClN4O5/c30-22-3-1-20(2-4-22)15-31-29(36)25-18-34-23(17-33-7-11-38-12-8-33)19-39-26-14-21(13-24(27(26)34)28(25)35)16-32-5-9-37-10-6-32/h1-4,13-14,23,25H,5-12,15-19H2,(H,31,36). The molecule has 2 atom stereocenters. The fourth-order valence-corrected chi connectivity index (χ4v) is 6.01. The molecular formula is C29H35ClN4O5. The highest BCUT2D eigenvalue weighted by Gasteiger charge is 2.43. The average Bonchev–Trinajstić information content (AvgIpc) is 2.96. The molecular weight excluding hydrogens is 520 g/mol. The van der Waals surface area contributed by atoms with E-state index in [1.54, 1.807) is 12.1 Å². The van der Waals surface area contributed by atoms with Gasteiger partial charge in [-0.15, -0.1) is 0 Å². The number of rotatable bonds is 7. The van der Waals surface area contributed by atoms with Gasteiger partial charge in [-0.25, -0.2) is 0 Å². The second kappa shape index (κ2) is 11.8. The normalized spacial score (nSPS) is 23.7. The van der Waals surface area contributed by atoms with Crippen molar-refractivity contribution in [3.8, 4) is 5.75 Å². The van der Waals surface area contributed by atoms with E-state index in [9.17, 15) is 9.59 Å². The minimum Gasteiger partial charge on any atom is -0.489 e. The Morgan fingerprint density at radius 3 is 2.36 bits per heavy atom. The van der Waals surface area contributed by atoms with Gasteiger partial charge < -0.3 is 24.4 Å². The number of carbonyl (C=O) groups is 2. The molecule has 0 bridgehead atoms. The zero-order valence-corrected chi connectivity index (χ0v) is 22.8. The van der Waals surface area contributed by atoms with Crippen LogP contribution in [0.2, 0.25) is 5.02 Å². The molecule has 0 radical (unpaired) electrons. The van der Waals surface area contributed by atoms with E-state index in [0.717, 1.165) is 55.3 Å². The summed E-state index contributed by atoms with van der Waals surface area (Å²) in [6.07, 6.45) is 0. The Labute approximate surface area is 233 Å². The number of nitrogens with zero attached hydrogens (tertiary/aromatic N) is 3. The zero-order chi connectivity index (χ0) is 26.8.